The minimum absolute atomic E-state index is 0.0676. The summed E-state index contributed by atoms with van der Waals surface area (Å²) in [6, 6.07) is 65.3. The first-order valence-corrected chi connectivity index (χ1v) is 22.0. The molecule has 0 N–H and O–H groups in total. The quantitative estimate of drug-likeness (QED) is 0.153. The molecule has 8 aromatic carbocycles. The van der Waals surface area contributed by atoms with Crippen LogP contribution in [-0.4, -0.2) is 5.54 Å². The number of hydrogen-bond acceptors (Lipinski definition) is 4. The Bertz CT molecular complexity index is 3330. The molecule has 9 aromatic rings. The topological polar surface area (TPSA) is 28.9 Å². The molecule has 4 aliphatic rings. The fourth-order valence-electron chi connectivity index (χ4n) is 10.6. The van der Waals surface area contributed by atoms with Gasteiger partial charge in [0.2, 0.25) is 0 Å². The fraction of sp³-hybridized carbons (Fsp3) is 0.0847. The van der Waals surface area contributed by atoms with Crippen LogP contribution in [0.4, 0.5) is 28.4 Å². The number of ether oxygens (including phenoxy) is 1. The maximum Gasteiger partial charge on any atom is 0.159 e. The summed E-state index contributed by atoms with van der Waals surface area (Å²) < 4.78 is 14.0. The molecule has 0 saturated heterocycles. The average molecular weight is 811 g/mol. The van der Waals surface area contributed by atoms with Crippen LogP contribution in [0.25, 0.3) is 50.3 Å². The van der Waals surface area contributed by atoms with Crippen LogP contribution in [0.2, 0.25) is 0 Å². The van der Waals surface area contributed by atoms with E-state index in [0.29, 0.717) is 5.92 Å². The molecule has 0 spiro atoms. The Balaban J connectivity index is 0.943. The van der Waals surface area contributed by atoms with Crippen molar-refractivity contribution < 1.29 is 9.15 Å². The molecular formula is C59H42N2O2. The zero-order valence-corrected chi connectivity index (χ0v) is 34.6. The smallest absolute Gasteiger partial charge is 0.159 e. The Kier molecular flexibility index (Phi) is 8.04. The largest absolute Gasteiger partial charge is 0.455 e. The summed E-state index contributed by atoms with van der Waals surface area (Å²) in [6.45, 7) is 0. The third-order valence-corrected chi connectivity index (χ3v) is 13.7. The van der Waals surface area contributed by atoms with E-state index >= 15 is 0 Å². The Morgan fingerprint density at radius 1 is 0.556 bits per heavy atom. The van der Waals surface area contributed by atoms with Crippen LogP contribution in [0.3, 0.4) is 0 Å². The van der Waals surface area contributed by atoms with E-state index in [0.717, 1.165) is 68.9 Å². The molecular weight excluding hydrogens is 769 g/mol. The molecule has 3 unspecified atom stereocenters. The third kappa shape index (κ3) is 5.75. The summed E-state index contributed by atoms with van der Waals surface area (Å²) in [5.41, 5.74) is 15.4. The molecule has 1 aromatic heterocycles. The summed E-state index contributed by atoms with van der Waals surface area (Å²) in [5, 5.41) is 2.18. The van der Waals surface area contributed by atoms with Gasteiger partial charge in [0.1, 0.15) is 11.3 Å². The van der Waals surface area contributed by atoms with Gasteiger partial charge in [-0.3, -0.25) is 0 Å². The first-order chi connectivity index (χ1) is 31.2. The third-order valence-electron chi connectivity index (χ3n) is 13.7. The van der Waals surface area contributed by atoms with Crippen molar-refractivity contribution >= 4 is 56.5 Å². The van der Waals surface area contributed by atoms with Gasteiger partial charge in [-0.2, -0.15) is 0 Å². The van der Waals surface area contributed by atoms with Crippen molar-refractivity contribution in [3.63, 3.8) is 0 Å². The Morgan fingerprint density at radius 2 is 1.25 bits per heavy atom. The van der Waals surface area contributed by atoms with Gasteiger partial charge in [-0.15, -0.1) is 0 Å². The van der Waals surface area contributed by atoms with Gasteiger partial charge < -0.3 is 19.0 Å². The lowest BCUT2D eigenvalue weighted by atomic mass is 9.79. The monoisotopic (exact) mass is 810 g/mol. The normalized spacial score (nSPS) is 18.7. The number of anilines is 5. The van der Waals surface area contributed by atoms with Gasteiger partial charge in [-0.1, -0.05) is 158 Å². The summed E-state index contributed by atoms with van der Waals surface area (Å²) in [5.74, 6) is 2.40. The predicted octanol–water partition coefficient (Wildman–Crippen LogP) is 16.1. The molecule has 0 amide bonds. The van der Waals surface area contributed by atoms with Crippen molar-refractivity contribution in [2.24, 2.45) is 5.92 Å². The van der Waals surface area contributed by atoms with Crippen LogP contribution in [0, 0.1) is 5.92 Å². The SMILES string of the molecule is C1=CC2CC2(N(c2ccccc2)c2ccc3c(c2)C2CC=Cc4ccc(N(c5ccc(-c6ccc(-c7ccccc7)cc6)cc5)c5cccc6c5oc5ccccc56)c(c42)O3)C=C1. The average Bonchev–Trinajstić information content (AvgIpc) is 3.97. The molecule has 0 bridgehead atoms. The number of para-hydroxylation sites is 3. The Hall–Kier alpha value is -7.82. The van der Waals surface area contributed by atoms with Crippen molar-refractivity contribution in [2.75, 3.05) is 9.80 Å². The second kappa shape index (κ2) is 14.1. The van der Waals surface area contributed by atoms with E-state index in [-0.39, 0.29) is 11.5 Å². The number of benzene rings is 8. The first-order valence-electron chi connectivity index (χ1n) is 22.0. The lowest BCUT2D eigenvalue weighted by Crippen LogP contribution is -2.34. The molecule has 1 aliphatic heterocycles. The molecule has 300 valence electrons. The van der Waals surface area contributed by atoms with Gasteiger partial charge in [0.25, 0.3) is 0 Å². The van der Waals surface area contributed by atoms with Crippen LogP contribution >= 0.6 is 0 Å². The molecule has 2 heterocycles. The minimum Gasteiger partial charge on any atom is -0.455 e. The molecule has 3 atom stereocenters. The van der Waals surface area contributed by atoms with Gasteiger partial charge in [-0.25, -0.2) is 0 Å². The van der Waals surface area contributed by atoms with Crippen molar-refractivity contribution in [1.82, 2.24) is 0 Å². The zero-order valence-electron chi connectivity index (χ0n) is 34.6. The molecule has 0 radical (unpaired) electrons. The zero-order chi connectivity index (χ0) is 41.5. The Morgan fingerprint density at radius 3 is 2.05 bits per heavy atom. The van der Waals surface area contributed by atoms with E-state index < -0.39 is 0 Å². The lowest BCUT2D eigenvalue weighted by molar-refractivity contribution is 0.446. The number of fused-ring (bicyclic) bond motifs is 6. The first kappa shape index (κ1) is 35.9. The van der Waals surface area contributed by atoms with Crippen molar-refractivity contribution in [3.8, 4) is 33.8 Å². The van der Waals surface area contributed by atoms with Crippen molar-refractivity contribution in [2.45, 2.75) is 24.3 Å². The van der Waals surface area contributed by atoms with E-state index in [4.69, 9.17) is 9.15 Å². The number of furan rings is 1. The molecule has 63 heavy (non-hydrogen) atoms. The lowest BCUT2D eigenvalue weighted by Gasteiger charge is -2.38. The highest BCUT2D eigenvalue weighted by molar-refractivity contribution is 6.10. The highest BCUT2D eigenvalue weighted by Crippen LogP contribution is 2.59. The van der Waals surface area contributed by atoms with Crippen LogP contribution in [-0.2, 0) is 0 Å². The molecule has 4 heteroatoms. The van der Waals surface area contributed by atoms with Gasteiger partial charge in [0, 0.05) is 50.8 Å². The van der Waals surface area contributed by atoms with Crippen molar-refractivity contribution in [3.05, 3.63) is 229 Å². The molecule has 13 rings (SSSR count). The van der Waals surface area contributed by atoms with Crippen molar-refractivity contribution in [1.29, 1.82) is 0 Å². The fourth-order valence-corrected chi connectivity index (χ4v) is 10.6. The summed E-state index contributed by atoms with van der Waals surface area (Å²) >= 11 is 0. The van der Waals surface area contributed by atoms with Crippen LogP contribution in [0.15, 0.2) is 217 Å². The van der Waals surface area contributed by atoms with Gasteiger partial charge in [0.05, 0.1) is 16.9 Å². The van der Waals surface area contributed by atoms with Gasteiger partial charge >= 0.3 is 0 Å². The van der Waals surface area contributed by atoms with E-state index in [1.54, 1.807) is 0 Å². The van der Waals surface area contributed by atoms with E-state index in [1.165, 1.54) is 44.8 Å². The Labute approximate surface area is 366 Å². The maximum absolute atomic E-state index is 7.26. The predicted molar refractivity (Wildman–Crippen MR) is 259 cm³/mol. The number of hydrogen-bond donors (Lipinski definition) is 0. The van der Waals surface area contributed by atoms with E-state index in [1.807, 2.05) is 6.07 Å². The summed E-state index contributed by atoms with van der Waals surface area (Å²) in [7, 11) is 0. The van der Waals surface area contributed by atoms with Gasteiger partial charge in [0.15, 0.2) is 11.3 Å². The van der Waals surface area contributed by atoms with Crippen LogP contribution in [0.1, 0.15) is 35.4 Å². The molecule has 3 aliphatic carbocycles. The maximum atomic E-state index is 7.26. The second-order valence-electron chi connectivity index (χ2n) is 17.2. The molecule has 4 nitrogen and oxygen atoms in total. The minimum atomic E-state index is -0.0676. The standard InChI is InChI=1S/C59H42N2O2/c1-3-13-39(14-4-1)40-24-26-41(27-25-40)42-28-31-45(32-29-42)60(52-22-12-21-50-48-19-7-8-23-54(48)62-57(50)52)53-34-30-43-15-11-20-49-51-37-47(33-35-55(51)63-58(53)56(43)49)61(46-17-5-2-6-18-46)59-36-10-9-16-44(59)38-59/h1-19,21-37,44,49H,20,38H2. The van der Waals surface area contributed by atoms with E-state index in [2.05, 4.69) is 222 Å². The summed E-state index contributed by atoms with van der Waals surface area (Å²) in [4.78, 5) is 4.89. The summed E-state index contributed by atoms with van der Waals surface area (Å²) in [6.07, 6.45) is 15.8. The van der Waals surface area contributed by atoms with Crippen LogP contribution < -0.4 is 14.5 Å². The second-order valence-corrected chi connectivity index (χ2v) is 17.2. The van der Waals surface area contributed by atoms with Gasteiger partial charge in [-0.05, 0) is 101 Å². The highest BCUT2D eigenvalue weighted by Gasteiger charge is 2.56. The number of nitrogens with zero attached hydrogens (tertiary/aromatic N) is 2. The van der Waals surface area contributed by atoms with Crippen LogP contribution in [0.5, 0.6) is 11.5 Å². The molecule has 1 saturated carbocycles. The molecule has 1 fully saturated rings. The number of allylic oxidation sites excluding steroid dienone is 3. The number of rotatable bonds is 8. The van der Waals surface area contributed by atoms with E-state index in [9.17, 15) is 0 Å². The highest BCUT2D eigenvalue weighted by atomic mass is 16.5.